The fourth-order valence-corrected chi connectivity index (χ4v) is 4.34. The second kappa shape index (κ2) is 11.9. The highest BCUT2D eigenvalue weighted by atomic mass is 79.9. The second-order valence-corrected chi connectivity index (χ2v) is 8.57. The fourth-order valence-electron chi connectivity index (χ4n) is 2.81. The summed E-state index contributed by atoms with van der Waals surface area (Å²) in [4.78, 5) is 31.1. The van der Waals surface area contributed by atoms with Crippen molar-refractivity contribution in [2.24, 2.45) is 4.99 Å². The lowest BCUT2D eigenvalue weighted by Gasteiger charge is -2.14. The number of amides is 1. The Morgan fingerprint density at radius 3 is 2.55 bits per heavy atom. The molecule has 0 radical (unpaired) electrons. The first-order valence-electron chi connectivity index (χ1n) is 9.87. The Kier molecular flexibility index (Phi) is 8.93. The molecule has 10 heteroatoms. The van der Waals surface area contributed by atoms with Crippen molar-refractivity contribution in [2.75, 3.05) is 41.1 Å². The molecule has 0 unspecified atom stereocenters. The van der Waals surface area contributed by atoms with Gasteiger partial charge in [0.05, 0.1) is 42.4 Å². The highest BCUT2D eigenvalue weighted by molar-refractivity contribution is 9.10. The number of hydrogen-bond donors (Lipinski definition) is 0. The van der Waals surface area contributed by atoms with Crippen LogP contribution in [-0.4, -0.2) is 63.0 Å². The number of amidine groups is 1. The van der Waals surface area contributed by atoms with Gasteiger partial charge in [0, 0.05) is 7.11 Å². The maximum absolute atomic E-state index is 13.1. The number of benzene rings is 2. The van der Waals surface area contributed by atoms with Gasteiger partial charge in [0.1, 0.15) is 11.5 Å². The summed E-state index contributed by atoms with van der Waals surface area (Å²) in [5.41, 5.74) is 1.50. The molecule has 33 heavy (non-hydrogen) atoms. The van der Waals surface area contributed by atoms with Crippen LogP contribution in [-0.2, 0) is 19.1 Å². The maximum atomic E-state index is 13.1. The van der Waals surface area contributed by atoms with Gasteiger partial charge in [-0.05, 0) is 75.7 Å². The second-order valence-electron chi connectivity index (χ2n) is 6.71. The summed E-state index contributed by atoms with van der Waals surface area (Å²) in [7, 11) is 4.49. The number of methoxy groups -OCH3 is 3. The van der Waals surface area contributed by atoms with Crippen LogP contribution in [0.2, 0.25) is 0 Å². The number of carbonyl (C=O) groups is 2. The van der Waals surface area contributed by atoms with Crippen molar-refractivity contribution in [3.05, 3.63) is 57.4 Å². The fraction of sp³-hybridized carbons (Fsp3) is 0.261. The summed E-state index contributed by atoms with van der Waals surface area (Å²) >= 11 is 4.74. The summed E-state index contributed by atoms with van der Waals surface area (Å²) in [5, 5.41) is 0.575. The van der Waals surface area contributed by atoms with Crippen LogP contribution >= 0.6 is 27.7 Å². The number of esters is 1. The first-order chi connectivity index (χ1) is 15.9. The average molecular weight is 535 g/mol. The first kappa shape index (κ1) is 24.8. The van der Waals surface area contributed by atoms with E-state index in [1.807, 2.05) is 30.3 Å². The van der Waals surface area contributed by atoms with Crippen molar-refractivity contribution in [2.45, 2.75) is 0 Å². The molecule has 0 aliphatic carbocycles. The number of carbonyl (C=O) groups excluding carboxylic acids is 2. The van der Waals surface area contributed by atoms with Gasteiger partial charge in [-0.25, -0.2) is 9.79 Å². The maximum Gasteiger partial charge on any atom is 0.343 e. The third-order valence-corrected chi connectivity index (χ3v) is 6.16. The molecule has 3 rings (SSSR count). The predicted octanol–water partition coefficient (Wildman–Crippen LogP) is 4.26. The first-order valence-corrected chi connectivity index (χ1v) is 11.5. The lowest BCUT2D eigenvalue weighted by molar-refractivity contribution is -0.142. The Balaban J connectivity index is 1.83. The zero-order chi connectivity index (χ0) is 23.8. The quantitative estimate of drug-likeness (QED) is 0.350. The number of aliphatic imine (C=N–C) groups is 1. The monoisotopic (exact) mass is 534 g/mol. The molecule has 8 nitrogen and oxygen atoms in total. The van der Waals surface area contributed by atoms with Gasteiger partial charge < -0.3 is 18.9 Å². The van der Waals surface area contributed by atoms with Gasteiger partial charge in [0.25, 0.3) is 5.91 Å². The van der Waals surface area contributed by atoms with Crippen LogP contribution in [0.3, 0.4) is 0 Å². The van der Waals surface area contributed by atoms with Gasteiger partial charge in [0.15, 0.2) is 11.8 Å². The summed E-state index contributed by atoms with van der Waals surface area (Å²) in [6.07, 6.45) is 1.79. The average Bonchev–Trinajstić information content (AvgIpc) is 3.11. The van der Waals surface area contributed by atoms with Gasteiger partial charge in [-0.3, -0.25) is 9.69 Å². The van der Waals surface area contributed by atoms with E-state index in [0.29, 0.717) is 39.1 Å². The van der Waals surface area contributed by atoms with E-state index in [1.165, 1.54) is 18.9 Å². The minimum atomic E-state index is -0.471. The molecule has 0 atom stereocenters. The molecule has 0 spiro atoms. The van der Waals surface area contributed by atoms with E-state index in [1.54, 1.807) is 37.3 Å². The number of nitrogens with zero attached hydrogens (tertiary/aromatic N) is 2. The Bertz CT molecular complexity index is 1070. The van der Waals surface area contributed by atoms with Crippen LogP contribution < -0.4 is 9.47 Å². The molecule has 1 saturated heterocycles. The van der Waals surface area contributed by atoms with Gasteiger partial charge >= 0.3 is 5.97 Å². The normalized spacial score (nSPS) is 15.9. The zero-order valence-corrected chi connectivity index (χ0v) is 20.8. The van der Waals surface area contributed by atoms with Crippen molar-refractivity contribution < 1.29 is 28.5 Å². The summed E-state index contributed by atoms with van der Waals surface area (Å²) < 4.78 is 21.0. The summed E-state index contributed by atoms with van der Waals surface area (Å²) in [6.45, 7) is 0.584. The minimum absolute atomic E-state index is 0.147. The standard InChI is InChI=1S/C23H23BrN2O6S/c1-29-11-10-26-22(28)20(33-23(26)25-16-5-7-17(30-2)8-6-16)13-15-4-9-19(18(24)12-15)32-14-21(27)31-3/h4-9,12-13H,10-11,14H2,1-3H3/b20-13-,25-23?. The number of ether oxygens (including phenoxy) is 4. The number of hydrogen-bond acceptors (Lipinski definition) is 8. The Hall–Kier alpha value is -2.82. The largest absolute Gasteiger partial charge is 0.497 e. The number of halogens is 1. The summed E-state index contributed by atoms with van der Waals surface area (Å²) in [5.74, 6) is 0.610. The molecule has 0 saturated carbocycles. The smallest absolute Gasteiger partial charge is 0.343 e. The SMILES string of the molecule is COCCN1C(=O)/C(=C/c2ccc(OCC(=O)OC)c(Br)c2)SC1=Nc1ccc(OC)cc1. The van der Waals surface area contributed by atoms with Crippen LogP contribution in [0, 0.1) is 0 Å². The van der Waals surface area contributed by atoms with Crippen molar-refractivity contribution in [3.8, 4) is 11.5 Å². The van der Waals surface area contributed by atoms with E-state index in [9.17, 15) is 9.59 Å². The Morgan fingerprint density at radius 2 is 1.91 bits per heavy atom. The molecule has 174 valence electrons. The Morgan fingerprint density at radius 1 is 1.15 bits per heavy atom. The molecular formula is C23H23BrN2O6S. The molecular weight excluding hydrogens is 512 g/mol. The molecule has 1 amide bonds. The predicted molar refractivity (Wildman–Crippen MR) is 131 cm³/mol. The van der Waals surface area contributed by atoms with E-state index in [4.69, 9.17) is 14.2 Å². The van der Waals surface area contributed by atoms with Crippen LogP contribution in [0.1, 0.15) is 5.56 Å². The van der Waals surface area contributed by atoms with Gasteiger partial charge in [-0.2, -0.15) is 0 Å². The van der Waals surface area contributed by atoms with Crippen LogP contribution in [0.25, 0.3) is 6.08 Å². The molecule has 2 aromatic rings. The Labute approximate surface area is 204 Å². The van der Waals surface area contributed by atoms with Crippen molar-refractivity contribution in [1.29, 1.82) is 0 Å². The molecule has 1 aliphatic rings. The van der Waals surface area contributed by atoms with E-state index in [-0.39, 0.29) is 12.5 Å². The lowest BCUT2D eigenvalue weighted by Crippen LogP contribution is -2.32. The van der Waals surface area contributed by atoms with E-state index in [0.717, 1.165) is 11.3 Å². The molecule has 1 heterocycles. The highest BCUT2D eigenvalue weighted by Crippen LogP contribution is 2.35. The van der Waals surface area contributed by atoms with Crippen molar-refractivity contribution in [3.63, 3.8) is 0 Å². The molecule has 0 N–H and O–H groups in total. The van der Waals surface area contributed by atoms with E-state index < -0.39 is 5.97 Å². The minimum Gasteiger partial charge on any atom is -0.497 e. The van der Waals surface area contributed by atoms with Crippen LogP contribution in [0.15, 0.2) is 56.8 Å². The zero-order valence-electron chi connectivity index (χ0n) is 18.4. The van der Waals surface area contributed by atoms with Crippen molar-refractivity contribution >= 4 is 56.5 Å². The molecule has 1 fully saturated rings. The molecule has 0 aromatic heterocycles. The van der Waals surface area contributed by atoms with Crippen LogP contribution in [0.4, 0.5) is 5.69 Å². The summed E-state index contributed by atoms with van der Waals surface area (Å²) in [6, 6.07) is 12.6. The third-order valence-electron chi connectivity index (χ3n) is 4.53. The molecule has 1 aliphatic heterocycles. The third kappa shape index (κ3) is 6.59. The molecule has 2 aromatic carbocycles. The highest BCUT2D eigenvalue weighted by Gasteiger charge is 2.33. The van der Waals surface area contributed by atoms with Gasteiger partial charge in [-0.15, -0.1) is 0 Å². The number of rotatable bonds is 9. The lowest BCUT2D eigenvalue weighted by atomic mass is 10.2. The van der Waals surface area contributed by atoms with Gasteiger partial charge in [-0.1, -0.05) is 6.07 Å². The topological polar surface area (TPSA) is 86.7 Å². The van der Waals surface area contributed by atoms with Crippen LogP contribution in [0.5, 0.6) is 11.5 Å². The van der Waals surface area contributed by atoms with E-state index >= 15 is 0 Å². The molecule has 0 bridgehead atoms. The van der Waals surface area contributed by atoms with Crippen molar-refractivity contribution in [1.82, 2.24) is 4.90 Å². The van der Waals surface area contributed by atoms with E-state index in [2.05, 4.69) is 25.7 Å². The number of thioether (sulfide) groups is 1. The van der Waals surface area contributed by atoms with Gasteiger partial charge in [0.2, 0.25) is 0 Å².